The second-order valence-corrected chi connectivity index (χ2v) is 9.05. The molecule has 0 saturated carbocycles. The van der Waals surface area contributed by atoms with E-state index in [2.05, 4.69) is 60.7 Å². The van der Waals surface area contributed by atoms with Crippen LogP contribution in [0.1, 0.15) is 46.9 Å². The molecule has 0 bridgehead atoms. The van der Waals surface area contributed by atoms with Crippen molar-refractivity contribution in [1.82, 2.24) is 0 Å². The largest absolute Gasteiger partial charge is 0.309 e. The minimum absolute atomic E-state index is 0.0253. The minimum atomic E-state index is -0.896. The Morgan fingerprint density at radius 2 is 0.900 bits per heavy atom. The van der Waals surface area contributed by atoms with Crippen molar-refractivity contribution in [3.05, 3.63) is 95.1 Å². The molecule has 30 heavy (non-hydrogen) atoms. The first kappa shape index (κ1) is 18.0. The predicted molar refractivity (Wildman–Crippen MR) is 123 cm³/mol. The Kier molecular flexibility index (Phi) is 3.55. The molecular formula is C26H26N4. The van der Waals surface area contributed by atoms with Crippen LogP contribution in [-0.2, 0) is 11.3 Å². The summed E-state index contributed by atoms with van der Waals surface area (Å²) in [4.78, 5) is 0. The average Bonchev–Trinajstić information content (AvgIpc) is 3.09. The van der Waals surface area contributed by atoms with E-state index < -0.39 is 11.3 Å². The van der Waals surface area contributed by atoms with Crippen molar-refractivity contribution in [3.63, 3.8) is 0 Å². The van der Waals surface area contributed by atoms with Gasteiger partial charge in [-0.3, -0.25) is 0 Å². The normalized spacial score (nSPS) is 22.8. The lowest BCUT2D eigenvalue weighted by molar-refractivity contribution is 0.308. The second-order valence-electron chi connectivity index (χ2n) is 9.05. The quantitative estimate of drug-likeness (QED) is 0.397. The van der Waals surface area contributed by atoms with E-state index in [1.165, 1.54) is 32.7 Å². The molecule has 2 aliphatic carbocycles. The molecule has 0 spiro atoms. The van der Waals surface area contributed by atoms with Gasteiger partial charge in [-0.1, -0.05) is 72.8 Å². The van der Waals surface area contributed by atoms with Gasteiger partial charge in [0.2, 0.25) is 0 Å². The zero-order valence-corrected chi connectivity index (χ0v) is 16.8. The van der Waals surface area contributed by atoms with Crippen LogP contribution in [0.4, 0.5) is 0 Å². The standard InChI is InChI=1S/C26H26N4/c27-25(28)19(17-9-1-5-15-7-3-11-21(25)23(15)17)13-14-20-18-10-2-6-16-8-4-12-22(24(16)18)26(20,29)30/h1-12,19-20H,13-14,27-30H2. The molecular weight excluding hydrogens is 368 g/mol. The molecule has 4 nitrogen and oxygen atoms in total. The van der Waals surface area contributed by atoms with Crippen molar-refractivity contribution in [2.24, 2.45) is 22.9 Å². The molecule has 0 amide bonds. The van der Waals surface area contributed by atoms with Crippen LogP contribution in [0.3, 0.4) is 0 Å². The van der Waals surface area contributed by atoms with Crippen LogP contribution in [0.25, 0.3) is 21.5 Å². The highest BCUT2D eigenvalue weighted by atomic mass is 15.0. The molecule has 0 aromatic heterocycles. The number of hydrogen-bond donors (Lipinski definition) is 4. The summed E-state index contributed by atoms with van der Waals surface area (Å²) in [7, 11) is 0. The third-order valence-electron chi connectivity index (χ3n) is 7.45. The van der Waals surface area contributed by atoms with E-state index >= 15 is 0 Å². The fourth-order valence-electron chi connectivity index (χ4n) is 6.05. The van der Waals surface area contributed by atoms with Crippen LogP contribution in [0, 0.1) is 0 Å². The fraction of sp³-hybridized carbons (Fsp3) is 0.231. The maximum Gasteiger partial charge on any atom is 0.0976 e. The van der Waals surface area contributed by atoms with Crippen LogP contribution in [0.2, 0.25) is 0 Å². The van der Waals surface area contributed by atoms with Gasteiger partial charge >= 0.3 is 0 Å². The van der Waals surface area contributed by atoms with Gasteiger partial charge in [-0.05, 0) is 56.6 Å². The summed E-state index contributed by atoms with van der Waals surface area (Å²) in [5.74, 6) is 0.0506. The Morgan fingerprint density at radius 1 is 0.533 bits per heavy atom. The SMILES string of the molecule is NC1(N)c2cccc3cccc(c23)C1CCC1c2cccc3cccc(c23)C1(N)N. The van der Waals surface area contributed by atoms with Crippen LogP contribution in [0.15, 0.2) is 72.8 Å². The number of rotatable bonds is 3. The van der Waals surface area contributed by atoms with Gasteiger partial charge in [0.05, 0.1) is 11.3 Å². The molecule has 4 aromatic carbocycles. The van der Waals surface area contributed by atoms with Gasteiger partial charge < -0.3 is 22.9 Å². The molecule has 4 aromatic rings. The highest BCUT2D eigenvalue weighted by Gasteiger charge is 2.45. The second kappa shape index (κ2) is 5.90. The maximum absolute atomic E-state index is 6.76. The van der Waals surface area contributed by atoms with Crippen LogP contribution in [-0.4, -0.2) is 0 Å². The first-order valence-corrected chi connectivity index (χ1v) is 10.6. The van der Waals surface area contributed by atoms with Crippen molar-refractivity contribution in [2.75, 3.05) is 0 Å². The molecule has 0 heterocycles. The summed E-state index contributed by atoms with van der Waals surface area (Å²) < 4.78 is 0. The Labute approximate surface area is 175 Å². The van der Waals surface area contributed by atoms with Gasteiger partial charge in [0.15, 0.2) is 0 Å². The van der Waals surface area contributed by atoms with Crippen molar-refractivity contribution < 1.29 is 0 Å². The van der Waals surface area contributed by atoms with E-state index in [1.807, 2.05) is 12.1 Å². The molecule has 2 aliphatic rings. The summed E-state index contributed by atoms with van der Waals surface area (Å²) in [5.41, 5.74) is 29.8. The molecule has 0 fully saturated rings. The lowest BCUT2D eigenvalue weighted by Crippen LogP contribution is -2.50. The number of benzene rings is 4. The van der Waals surface area contributed by atoms with E-state index in [-0.39, 0.29) is 11.8 Å². The first-order valence-electron chi connectivity index (χ1n) is 10.6. The van der Waals surface area contributed by atoms with Gasteiger partial charge in [-0.2, -0.15) is 0 Å². The van der Waals surface area contributed by atoms with Crippen molar-refractivity contribution >= 4 is 21.5 Å². The van der Waals surface area contributed by atoms with E-state index in [0.29, 0.717) is 0 Å². The molecule has 2 atom stereocenters. The molecule has 8 N–H and O–H groups in total. The third-order valence-corrected chi connectivity index (χ3v) is 7.45. The minimum Gasteiger partial charge on any atom is -0.309 e. The van der Waals surface area contributed by atoms with E-state index in [9.17, 15) is 0 Å². The Morgan fingerprint density at radius 3 is 1.30 bits per heavy atom. The molecule has 0 saturated heterocycles. The third kappa shape index (κ3) is 2.19. The molecule has 0 radical (unpaired) electrons. The highest BCUT2D eigenvalue weighted by Crippen LogP contribution is 2.52. The van der Waals surface area contributed by atoms with Crippen LogP contribution < -0.4 is 22.9 Å². The molecule has 2 unspecified atom stereocenters. The zero-order chi connectivity index (χ0) is 20.7. The molecule has 150 valence electrons. The van der Waals surface area contributed by atoms with E-state index in [1.54, 1.807) is 0 Å². The van der Waals surface area contributed by atoms with Crippen LogP contribution >= 0.6 is 0 Å². The summed E-state index contributed by atoms with van der Waals surface area (Å²) >= 11 is 0. The van der Waals surface area contributed by atoms with Gasteiger partial charge in [0.1, 0.15) is 0 Å². The Balaban J connectivity index is 1.40. The first-order chi connectivity index (χ1) is 14.4. The van der Waals surface area contributed by atoms with Gasteiger partial charge in [0, 0.05) is 11.8 Å². The van der Waals surface area contributed by atoms with Gasteiger partial charge in [-0.25, -0.2) is 0 Å². The lowest BCUT2D eigenvalue weighted by Gasteiger charge is -2.33. The number of nitrogens with two attached hydrogens (primary N) is 4. The van der Waals surface area contributed by atoms with Crippen LogP contribution in [0.5, 0.6) is 0 Å². The van der Waals surface area contributed by atoms with Crippen molar-refractivity contribution in [3.8, 4) is 0 Å². The summed E-state index contributed by atoms with van der Waals surface area (Å²) in [6.07, 6.45) is 1.65. The highest BCUT2D eigenvalue weighted by molar-refractivity contribution is 5.94. The summed E-state index contributed by atoms with van der Waals surface area (Å²) in [6, 6.07) is 25.2. The molecule has 6 rings (SSSR count). The topological polar surface area (TPSA) is 104 Å². The molecule has 4 heteroatoms. The number of hydrogen-bond acceptors (Lipinski definition) is 4. The smallest absolute Gasteiger partial charge is 0.0976 e. The summed E-state index contributed by atoms with van der Waals surface area (Å²) in [5, 5.41) is 4.80. The molecule has 0 aliphatic heterocycles. The van der Waals surface area contributed by atoms with Crippen molar-refractivity contribution in [2.45, 2.75) is 36.0 Å². The van der Waals surface area contributed by atoms with Gasteiger partial charge in [0.25, 0.3) is 0 Å². The average molecular weight is 395 g/mol. The zero-order valence-electron chi connectivity index (χ0n) is 16.8. The fourth-order valence-corrected chi connectivity index (χ4v) is 6.05. The van der Waals surface area contributed by atoms with Crippen molar-refractivity contribution in [1.29, 1.82) is 0 Å². The van der Waals surface area contributed by atoms with Gasteiger partial charge in [-0.15, -0.1) is 0 Å². The summed E-state index contributed by atoms with van der Waals surface area (Å²) in [6.45, 7) is 0. The maximum atomic E-state index is 6.76. The Hall–Kier alpha value is -2.76. The van der Waals surface area contributed by atoms with E-state index in [0.717, 1.165) is 24.0 Å². The predicted octanol–water partition coefficient (Wildman–Crippen LogP) is 3.81. The van der Waals surface area contributed by atoms with E-state index in [4.69, 9.17) is 22.9 Å². The monoisotopic (exact) mass is 394 g/mol. The Bertz CT molecular complexity index is 1210. The lowest BCUT2D eigenvalue weighted by atomic mass is 9.80.